The second kappa shape index (κ2) is 7.44. The van der Waals surface area contributed by atoms with Gasteiger partial charge >= 0.3 is 12.1 Å². The number of nitrogens with two attached hydrogens (primary N) is 1. The average Bonchev–Trinajstić information content (AvgIpc) is 2.25. The van der Waals surface area contributed by atoms with Gasteiger partial charge in [-0.15, -0.1) is 0 Å². The molecular formula is C10H17N2O4+. The van der Waals surface area contributed by atoms with E-state index in [1.54, 1.807) is 6.92 Å². The van der Waals surface area contributed by atoms with Gasteiger partial charge in [0.2, 0.25) is 12.3 Å². The molecule has 6 nitrogen and oxygen atoms in total. The van der Waals surface area contributed by atoms with Gasteiger partial charge in [-0.2, -0.15) is 4.84 Å². The Morgan fingerprint density at radius 3 is 2.56 bits per heavy atom. The van der Waals surface area contributed by atoms with Gasteiger partial charge in [0.15, 0.2) is 6.61 Å². The molecule has 0 rings (SSSR count). The molecule has 16 heavy (non-hydrogen) atoms. The molecule has 1 amide bonds. The number of nitrogens with zero attached hydrogens (tertiary/aromatic N) is 1. The van der Waals surface area contributed by atoms with Crippen molar-refractivity contribution in [2.75, 3.05) is 13.2 Å². The van der Waals surface area contributed by atoms with E-state index in [2.05, 4.69) is 6.58 Å². The van der Waals surface area contributed by atoms with Crippen LogP contribution in [0.15, 0.2) is 12.7 Å². The summed E-state index contributed by atoms with van der Waals surface area (Å²) in [5.41, 5.74) is 5.72. The summed E-state index contributed by atoms with van der Waals surface area (Å²) in [7, 11) is 0. The molecule has 0 aliphatic heterocycles. The Labute approximate surface area is 94.3 Å². The lowest BCUT2D eigenvalue weighted by molar-refractivity contribution is -0.760. The van der Waals surface area contributed by atoms with Crippen LogP contribution in [-0.4, -0.2) is 35.7 Å². The van der Waals surface area contributed by atoms with E-state index in [9.17, 15) is 9.59 Å². The number of hydroxylamine groups is 1. The van der Waals surface area contributed by atoms with E-state index < -0.39 is 12.1 Å². The molecule has 0 unspecified atom stereocenters. The summed E-state index contributed by atoms with van der Waals surface area (Å²) >= 11 is 0. The van der Waals surface area contributed by atoms with Crippen LogP contribution in [0.5, 0.6) is 0 Å². The van der Waals surface area contributed by atoms with Gasteiger partial charge in [0.05, 0.1) is 0 Å². The van der Waals surface area contributed by atoms with Crippen LogP contribution in [0.2, 0.25) is 0 Å². The lowest BCUT2D eigenvalue weighted by atomic mass is 10.3. The van der Waals surface area contributed by atoms with E-state index in [1.165, 1.54) is 4.74 Å². The number of primary amides is 1. The Balaban J connectivity index is 4.29. The zero-order valence-corrected chi connectivity index (χ0v) is 9.56. The van der Waals surface area contributed by atoms with Crippen LogP contribution in [0.25, 0.3) is 0 Å². The quantitative estimate of drug-likeness (QED) is 0.181. The maximum absolute atomic E-state index is 10.8. The van der Waals surface area contributed by atoms with Gasteiger partial charge in [0.1, 0.15) is 0 Å². The minimum Gasteiger partial charge on any atom is -0.456 e. The zero-order valence-electron chi connectivity index (χ0n) is 9.56. The van der Waals surface area contributed by atoms with E-state index in [0.29, 0.717) is 6.42 Å². The number of ether oxygens (including phenoxy) is 1. The van der Waals surface area contributed by atoms with Gasteiger partial charge < -0.3 is 10.5 Å². The molecular weight excluding hydrogens is 212 g/mol. The molecule has 2 N–H and O–H groups in total. The maximum Gasteiger partial charge on any atom is 0.472 e. The summed E-state index contributed by atoms with van der Waals surface area (Å²) in [5, 5.41) is 0. The van der Waals surface area contributed by atoms with E-state index in [4.69, 9.17) is 15.3 Å². The van der Waals surface area contributed by atoms with Crippen molar-refractivity contribution in [3.05, 3.63) is 12.7 Å². The first-order valence-electron chi connectivity index (χ1n) is 4.87. The van der Waals surface area contributed by atoms with Crippen molar-refractivity contribution in [3.8, 4) is 0 Å². The lowest BCUT2D eigenvalue weighted by Crippen LogP contribution is -2.29. The highest BCUT2D eigenvalue weighted by Gasteiger charge is 2.15. The molecule has 0 heterocycles. The van der Waals surface area contributed by atoms with Crippen molar-refractivity contribution in [1.82, 2.24) is 0 Å². The van der Waals surface area contributed by atoms with E-state index in [0.717, 1.165) is 11.8 Å². The summed E-state index contributed by atoms with van der Waals surface area (Å²) in [6.07, 6.45) is 0.862. The van der Waals surface area contributed by atoms with Crippen LogP contribution < -0.4 is 5.73 Å². The smallest absolute Gasteiger partial charge is 0.456 e. The zero-order chi connectivity index (χ0) is 12.6. The Hall–Kier alpha value is -1.85. The Kier molecular flexibility index (Phi) is 6.58. The topological polar surface area (TPSA) is 81.6 Å². The minimum absolute atomic E-state index is 0.0927. The molecule has 0 spiro atoms. The summed E-state index contributed by atoms with van der Waals surface area (Å²) in [6, 6.07) is 0. The Morgan fingerprint density at radius 2 is 2.12 bits per heavy atom. The first-order valence-corrected chi connectivity index (χ1v) is 4.87. The maximum atomic E-state index is 10.8. The van der Waals surface area contributed by atoms with Crippen molar-refractivity contribution >= 4 is 17.8 Å². The SMILES string of the molecule is C=CC(=O)OCC[N+](OC(N)=O)=C(C)CC. The molecule has 0 radical (unpaired) electrons. The van der Waals surface area contributed by atoms with Crippen LogP contribution in [-0.2, 0) is 14.4 Å². The van der Waals surface area contributed by atoms with Crippen molar-refractivity contribution in [2.24, 2.45) is 5.73 Å². The first kappa shape index (κ1) is 14.2. The number of esters is 1. The molecule has 0 aromatic carbocycles. The van der Waals surface area contributed by atoms with Crippen molar-refractivity contribution in [1.29, 1.82) is 0 Å². The van der Waals surface area contributed by atoms with Crippen LogP contribution in [0.4, 0.5) is 4.79 Å². The third-order valence-electron chi connectivity index (χ3n) is 1.84. The van der Waals surface area contributed by atoms with Crippen LogP contribution >= 0.6 is 0 Å². The summed E-state index contributed by atoms with van der Waals surface area (Å²) in [6.45, 7) is 7.29. The number of amides is 1. The predicted molar refractivity (Wildman–Crippen MR) is 57.9 cm³/mol. The molecule has 0 aromatic rings. The molecule has 0 fully saturated rings. The molecule has 0 aliphatic rings. The van der Waals surface area contributed by atoms with Crippen LogP contribution in [0, 0.1) is 0 Å². The third kappa shape index (κ3) is 5.79. The second-order valence-corrected chi connectivity index (χ2v) is 2.97. The average molecular weight is 229 g/mol. The highest BCUT2D eigenvalue weighted by molar-refractivity contribution is 5.81. The largest absolute Gasteiger partial charge is 0.472 e. The predicted octanol–water partition coefficient (Wildman–Crippen LogP) is 0.609. The van der Waals surface area contributed by atoms with E-state index in [1.807, 2.05) is 6.92 Å². The molecule has 0 saturated heterocycles. The molecule has 0 saturated carbocycles. The highest BCUT2D eigenvalue weighted by Crippen LogP contribution is 1.90. The monoisotopic (exact) mass is 229 g/mol. The van der Waals surface area contributed by atoms with Crippen LogP contribution in [0.3, 0.4) is 0 Å². The molecule has 0 atom stereocenters. The fourth-order valence-corrected chi connectivity index (χ4v) is 0.887. The number of rotatable bonds is 6. The highest BCUT2D eigenvalue weighted by atomic mass is 16.7. The molecule has 0 aromatic heterocycles. The molecule has 6 heteroatoms. The summed E-state index contributed by atoms with van der Waals surface area (Å²) in [4.78, 5) is 26.1. The Bertz CT molecular complexity index is 310. The normalized spacial score (nSPS) is 11.4. The number of hydrogen-bond donors (Lipinski definition) is 1. The molecule has 90 valence electrons. The van der Waals surface area contributed by atoms with E-state index >= 15 is 0 Å². The standard InChI is InChI=1S/C10H16N2O4/c1-4-8(3)12(16-10(11)14)6-7-15-9(13)5-2/h5H,2,4,6-7H2,1,3H3,(H-,11,14)/p+1. The van der Waals surface area contributed by atoms with Crippen molar-refractivity contribution in [2.45, 2.75) is 20.3 Å². The number of carbonyl (C=O) groups excluding carboxylic acids is 2. The van der Waals surface area contributed by atoms with E-state index in [-0.39, 0.29) is 13.2 Å². The molecule has 0 aliphatic carbocycles. The van der Waals surface area contributed by atoms with Gasteiger partial charge in [0, 0.05) is 19.4 Å². The summed E-state index contributed by atoms with van der Waals surface area (Å²) in [5.74, 6) is -0.520. The number of carbonyl (C=O) groups is 2. The second-order valence-electron chi connectivity index (χ2n) is 2.97. The summed E-state index contributed by atoms with van der Waals surface area (Å²) < 4.78 is 6.06. The lowest BCUT2D eigenvalue weighted by Gasteiger charge is -2.03. The van der Waals surface area contributed by atoms with Gasteiger partial charge in [-0.05, 0) is 4.74 Å². The minimum atomic E-state index is -0.900. The Morgan fingerprint density at radius 1 is 1.50 bits per heavy atom. The van der Waals surface area contributed by atoms with Gasteiger partial charge in [-0.3, -0.25) is 0 Å². The third-order valence-corrected chi connectivity index (χ3v) is 1.84. The van der Waals surface area contributed by atoms with Crippen molar-refractivity contribution in [3.63, 3.8) is 0 Å². The van der Waals surface area contributed by atoms with Gasteiger partial charge in [-0.25, -0.2) is 9.59 Å². The van der Waals surface area contributed by atoms with Crippen LogP contribution in [0.1, 0.15) is 20.3 Å². The fraction of sp³-hybridized carbons (Fsp3) is 0.500. The molecule has 0 bridgehead atoms. The van der Waals surface area contributed by atoms with Gasteiger partial charge in [0.25, 0.3) is 0 Å². The first-order chi connectivity index (χ1) is 7.51. The van der Waals surface area contributed by atoms with Gasteiger partial charge in [-0.1, -0.05) is 13.5 Å². The number of hydrogen-bond acceptors (Lipinski definition) is 4. The van der Waals surface area contributed by atoms with Crippen molar-refractivity contribution < 1.29 is 23.9 Å². The fourth-order valence-electron chi connectivity index (χ4n) is 0.887.